The topological polar surface area (TPSA) is 97.3 Å². The molecule has 106 valence electrons. The van der Waals surface area contributed by atoms with Crippen LogP contribution in [0.25, 0.3) is 0 Å². The van der Waals surface area contributed by atoms with Crippen LogP contribution in [-0.4, -0.2) is 49.8 Å². The van der Waals surface area contributed by atoms with Crippen molar-refractivity contribution in [1.29, 1.82) is 0 Å². The average Bonchev–Trinajstić information content (AvgIpc) is 3.20. The minimum Gasteiger partial charge on any atom is -0.467 e. The molecule has 0 radical (unpaired) electrons. The van der Waals surface area contributed by atoms with E-state index in [0.29, 0.717) is 11.8 Å². The molecule has 1 fully saturated rings. The third-order valence-electron chi connectivity index (χ3n) is 2.63. The van der Waals surface area contributed by atoms with Gasteiger partial charge in [0.15, 0.2) is 5.82 Å². The molecule has 0 unspecified atom stereocenters. The number of methoxy groups -OCH3 is 1. The quantitative estimate of drug-likeness (QED) is 0.755. The van der Waals surface area contributed by atoms with Crippen molar-refractivity contribution in [2.75, 3.05) is 26.1 Å². The highest BCUT2D eigenvalue weighted by Crippen LogP contribution is 2.27. The Balaban J connectivity index is 2.13. The zero-order valence-corrected chi connectivity index (χ0v) is 11.9. The van der Waals surface area contributed by atoms with Crippen LogP contribution in [0, 0.1) is 0 Å². The number of ether oxygens (including phenoxy) is 1. The van der Waals surface area contributed by atoms with Crippen LogP contribution in [0.2, 0.25) is 0 Å². The van der Waals surface area contributed by atoms with E-state index in [2.05, 4.69) is 19.7 Å². The van der Waals surface area contributed by atoms with Crippen molar-refractivity contribution in [3.63, 3.8) is 0 Å². The summed E-state index contributed by atoms with van der Waals surface area (Å²) in [6.45, 7) is 0.0402. The molecule has 2 rings (SSSR count). The van der Waals surface area contributed by atoms with Gasteiger partial charge in [0, 0.05) is 14.1 Å². The van der Waals surface area contributed by atoms with Gasteiger partial charge in [-0.15, -0.1) is 0 Å². The van der Waals surface area contributed by atoms with Gasteiger partial charge in [0.1, 0.15) is 0 Å². The lowest BCUT2D eigenvalue weighted by molar-refractivity contribution is 0.375. The maximum Gasteiger partial charge on any atom is 0.321 e. The minimum absolute atomic E-state index is 0.0402. The summed E-state index contributed by atoms with van der Waals surface area (Å²) in [6, 6.07) is 0.166. The predicted octanol–water partition coefficient (Wildman–Crippen LogP) is -0.472. The highest BCUT2D eigenvalue weighted by atomic mass is 32.2. The molecule has 0 aromatic carbocycles. The van der Waals surface area contributed by atoms with Crippen molar-refractivity contribution in [3.8, 4) is 6.01 Å². The van der Waals surface area contributed by atoms with Gasteiger partial charge in [-0.25, -0.2) is 13.1 Å². The molecule has 1 aliphatic rings. The Hall–Kier alpha value is -1.48. The number of aromatic nitrogens is 3. The number of rotatable bonds is 6. The Morgan fingerprint density at radius 1 is 1.32 bits per heavy atom. The largest absolute Gasteiger partial charge is 0.467 e. The summed E-state index contributed by atoms with van der Waals surface area (Å²) in [5, 5.41) is -0.260. The van der Waals surface area contributed by atoms with Crippen LogP contribution >= 0.6 is 0 Å². The average molecular weight is 287 g/mol. The van der Waals surface area contributed by atoms with Gasteiger partial charge in [0.2, 0.25) is 16.0 Å². The van der Waals surface area contributed by atoms with Gasteiger partial charge in [-0.1, -0.05) is 0 Å². The van der Waals surface area contributed by atoms with E-state index in [4.69, 9.17) is 4.74 Å². The van der Waals surface area contributed by atoms with E-state index in [1.54, 1.807) is 19.0 Å². The van der Waals surface area contributed by atoms with Crippen molar-refractivity contribution < 1.29 is 13.2 Å². The van der Waals surface area contributed by atoms with Crippen LogP contribution in [-0.2, 0) is 16.6 Å². The highest BCUT2D eigenvalue weighted by Gasteiger charge is 2.35. The van der Waals surface area contributed by atoms with Gasteiger partial charge in [-0.05, 0) is 12.8 Å². The monoisotopic (exact) mass is 287 g/mol. The van der Waals surface area contributed by atoms with Gasteiger partial charge in [-0.2, -0.15) is 15.0 Å². The first-order valence-corrected chi connectivity index (χ1v) is 7.42. The second-order valence-corrected chi connectivity index (χ2v) is 6.54. The van der Waals surface area contributed by atoms with E-state index < -0.39 is 10.0 Å². The molecule has 1 N–H and O–H groups in total. The lowest BCUT2D eigenvalue weighted by Crippen LogP contribution is -2.28. The molecule has 0 bridgehead atoms. The van der Waals surface area contributed by atoms with E-state index >= 15 is 0 Å². The van der Waals surface area contributed by atoms with Crippen LogP contribution in [0.1, 0.15) is 18.7 Å². The molecule has 1 aromatic heterocycles. The molecule has 0 amide bonds. The molecule has 8 nitrogen and oxygen atoms in total. The molecule has 9 heteroatoms. The van der Waals surface area contributed by atoms with Gasteiger partial charge in [0.25, 0.3) is 0 Å². The van der Waals surface area contributed by atoms with Crippen molar-refractivity contribution in [1.82, 2.24) is 19.7 Å². The van der Waals surface area contributed by atoms with Crippen LogP contribution in [0.3, 0.4) is 0 Å². The molecule has 1 heterocycles. The summed E-state index contributed by atoms with van der Waals surface area (Å²) in [7, 11) is 1.78. The first-order valence-electron chi connectivity index (χ1n) is 5.87. The van der Waals surface area contributed by atoms with Crippen molar-refractivity contribution in [2.24, 2.45) is 0 Å². The van der Waals surface area contributed by atoms with Crippen LogP contribution in [0.5, 0.6) is 6.01 Å². The van der Waals surface area contributed by atoms with E-state index in [1.807, 2.05) is 0 Å². The number of anilines is 1. The van der Waals surface area contributed by atoms with E-state index in [-0.39, 0.29) is 17.8 Å². The highest BCUT2D eigenvalue weighted by molar-refractivity contribution is 7.90. The maximum absolute atomic E-state index is 11.7. The molecule has 0 saturated heterocycles. The Morgan fingerprint density at radius 3 is 2.53 bits per heavy atom. The minimum atomic E-state index is -3.24. The zero-order valence-electron chi connectivity index (χ0n) is 11.1. The Labute approximate surface area is 112 Å². The molecular formula is C10H17N5O3S. The number of hydrogen-bond acceptors (Lipinski definition) is 7. The van der Waals surface area contributed by atoms with Gasteiger partial charge in [-0.3, -0.25) is 0 Å². The third kappa shape index (κ3) is 3.51. The predicted molar refractivity (Wildman–Crippen MR) is 69.5 cm³/mol. The Kier molecular flexibility index (Phi) is 3.85. The lowest BCUT2D eigenvalue weighted by Gasteiger charge is -2.12. The van der Waals surface area contributed by atoms with Crippen molar-refractivity contribution in [3.05, 3.63) is 5.82 Å². The number of nitrogens with one attached hydrogen (secondary N) is 1. The Morgan fingerprint density at radius 2 is 2.00 bits per heavy atom. The van der Waals surface area contributed by atoms with Crippen LogP contribution in [0.4, 0.5) is 5.95 Å². The van der Waals surface area contributed by atoms with Crippen molar-refractivity contribution in [2.45, 2.75) is 24.6 Å². The normalized spacial score (nSPS) is 15.3. The van der Waals surface area contributed by atoms with Gasteiger partial charge >= 0.3 is 6.01 Å². The molecule has 0 aliphatic heterocycles. The van der Waals surface area contributed by atoms with Gasteiger partial charge in [0.05, 0.1) is 18.9 Å². The van der Waals surface area contributed by atoms with Gasteiger partial charge < -0.3 is 9.64 Å². The number of sulfonamides is 1. The van der Waals surface area contributed by atoms with E-state index in [9.17, 15) is 8.42 Å². The summed E-state index contributed by atoms with van der Waals surface area (Å²) in [5.41, 5.74) is 0. The first kappa shape index (κ1) is 13.9. The lowest BCUT2D eigenvalue weighted by atomic mass is 10.6. The summed E-state index contributed by atoms with van der Waals surface area (Å²) in [6.07, 6.45) is 1.44. The standard InChI is InChI=1S/C10H17N5O3S/c1-15(2)9-12-8(13-10(14-9)18-3)6-11-19(16,17)7-4-5-7/h7,11H,4-6H2,1-3H3. The smallest absolute Gasteiger partial charge is 0.321 e. The number of nitrogens with zero attached hydrogens (tertiary/aromatic N) is 4. The van der Waals surface area contributed by atoms with Crippen molar-refractivity contribution >= 4 is 16.0 Å². The third-order valence-corrected chi connectivity index (χ3v) is 4.52. The fraction of sp³-hybridized carbons (Fsp3) is 0.700. The summed E-state index contributed by atoms with van der Waals surface area (Å²) in [4.78, 5) is 13.9. The zero-order chi connectivity index (χ0) is 14.0. The second kappa shape index (κ2) is 5.25. The van der Waals surface area contributed by atoms with Crippen LogP contribution < -0.4 is 14.4 Å². The molecular weight excluding hydrogens is 270 g/mol. The molecule has 19 heavy (non-hydrogen) atoms. The summed E-state index contributed by atoms with van der Waals surface area (Å²) >= 11 is 0. The molecule has 1 saturated carbocycles. The van der Waals surface area contributed by atoms with E-state index in [1.165, 1.54) is 7.11 Å². The molecule has 0 spiro atoms. The molecule has 0 atom stereocenters. The summed E-state index contributed by atoms with van der Waals surface area (Å²) in [5.74, 6) is 0.757. The summed E-state index contributed by atoms with van der Waals surface area (Å²) < 4.78 is 30.9. The number of hydrogen-bond donors (Lipinski definition) is 1. The second-order valence-electron chi connectivity index (χ2n) is 4.50. The Bertz CT molecular complexity index is 556. The molecule has 1 aliphatic carbocycles. The molecule has 1 aromatic rings. The van der Waals surface area contributed by atoms with E-state index in [0.717, 1.165) is 12.8 Å². The SMILES string of the molecule is COc1nc(CNS(=O)(=O)C2CC2)nc(N(C)C)n1. The maximum atomic E-state index is 11.7. The fourth-order valence-corrected chi connectivity index (χ4v) is 2.74. The fourth-order valence-electron chi connectivity index (χ4n) is 1.42. The first-order chi connectivity index (χ1) is 8.92. The van der Waals surface area contributed by atoms with Crippen LogP contribution in [0.15, 0.2) is 0 Å².